The first-order valence-electron chi connectivity index (χ1n) is 7.33. The van der Waals surface area contributed by atoms with Gasteiger partial charge in [0, 0.05) is 18.6 Å². The minimum absolute atomic E-state index is 0.0164. The number of rotatable bonds is 4. The van der Waals surface area contributed by atoms with Crippen molar-refractivity contribution in [3.8, 4) is 0 Å². The van der Waals surface area contributed by atoms with Crippen molar-refractivity contribution >= 4 is 5.97 Å². The predicted octanol–water partition coefficient (Wildman–Crippen LogP) is 3.10. The highest BCUT2D eigenvalue weighted by Crippen LogP contribution is 2.30. The largest absolute Gasteiger partial charge is 0.461 e. The zero-order valence-corrected chi connectivity index (χ0v) is 12.9. The van der Waals surface area contributed by atoms with Gasteiger partial charge in [0.05, 0.1) is 5.92 Å². The molecule has 0 radical (unpaired) electrons. The maximum atomic E-state index is 12.1. The number of benzene rings is 1. The van der Waals surface area contributed by atoms with E-state index in [1.165, 1.54) is 0 Å². The summed E-state index contributed by atoms with van der Waals surface area (Å²) in [6.45, 7) is 11.0. The van der Waals surface area contributed by atoms with E-state index in [1.54, 1.807) is 0 Å². The number of hydrogen-bond donors (Lipinski definition) is 0. The highest BCUT2D eigenvalue weighted by Gasteiger charge is 2.39. The molecule has 1 fully saturated rings. The average molecular weight is 275 g/mol. The zero-order chi connectivity index (χ0) is 14.8. The van der Waals surface area contributed by atoms with Gasteiger partial charge >= 0.3 is 5.97 Å². The van der Waals surface area contributed by atoms with Crippen LogP contribution in [0.15, 0.2) is 30.3 Å². The predicted molar refractivity (Wildman–Crippen MR) is 80.2 cm³/mol. The fourth-order valence-electron chi connectivity index (χ4n) is 2.43. The number of ether oxygens (including phenoxy) is 1. The van der Waals surface area contributed by atoms with Gasteiger partial charge in [-0.05, 0) is 32.3 Å². The molecule has 1 aliphatic rings. The second kappa shape index (κ2) is 5.96. The second-order valence-corrected chi connectivity index (χ2v) is 6.72. The van der Waals surface area contributed by atoms with E-state index in [0.717, 1.165) is 18.7 Å². The average Bonchev–Trinajstić information content (AvgIpc) is 2.33. The molecule has 0 aliphatic carbocycles. The van der Waals surface area contributed by atoms with Gasteiger partial charge < -0.3 is 4.74 Å². The Hall–Kier alpha value is -1.35. The Labute approximate surface area is 121 Å². The summed E-state index contributed by atoms with van der Waals surface area (Å²) >= 11 is 0. The van der Waals surface area contributed by atoms with Crippen molar-refractivity contribution in [1.82, 2.24) is 4.90 Å². The molecule has 110 valence electrons. The third-order valence-corrected chi connectivity index (χ3v) is 4.16. The molecule has 2 rings (SSSR count). The Balaban J connectivity index is 1.77. The van der Waals surface area contributed by atoms with Gasteiger partial charge in [0.1, 0.15) is 6.61 Å². The smallest absolute Gasteiger partial charge is 0.309 e. The monoisotopic (exact) mass is 275 g/mol. The summed E-state index contributed by atoms with van der Waals surface area (Å²) in [5.41, 5.74) is 1.24. The van der Waals surface area contributed by atoms with Crippen molar-refractivity contribution in [2.75, 3.05) is 13.1 Å². The molecule has 1 aromatic rings. The lowest BCUT2D eigenvalue weighted by Crippen LogP contribution is -2.58. The maximum Gasteiger partial charge on any atom is 0.309 e. The SMILES string of the molecule is CC(C(=O)OCc1ccccc1)C1CN(C(C)(C)C)C1. The molecule has 0 aromatic heterocycles. The quantitative estimate of drug-likeness (QED) is 0.791. The number of carbonyl (C=O) groups excluding carboxylic acids is 1. The van der Waals surface area contributed by atoms with Crippen LogP contribution in [0, 0.1) is 11.8 Å². The van der Waals surface area contributed by atoms with Crippen LogP contribution in [-0.4, -0.2) is 29.5 Å². The minimum Gasteiger partial charge on any atom is -0.461 e. The van der Waals surface area contributed by atoms with Crippen LogP contribution < -0.4 is 0 Å². The van der Waals surface area contributed by atoms with Crippen LogP contribution in [0.5, 0.6) is 0 Å². The summed E-state index contributed by atoms with van der Waals surface area (Å²) < 4.78 is 5.41. The number of carbonyl (C=O) groups is 1. The molecule has 20 heavy (non-hydrogen) atoms. The molecule has 0 spiro atoms. The van der Waals surface area contributed by atoms with Crippen molar-refractivity contribution in [1.29, 1.82) is 0 Å². The molecular weight excluding hydrogens is 250 g/mol. The molecule has 0 bridgehead atoms. The third kappa shape index (κ3) is 3.60. The van der Waals surface area contributed by atoms with Gasteiger partial charge in [0.2, 0.25) is 0 Å². The van der Waals surface area contributed by atoms with Crippen LogP contribution >= 0.6 is 0 Å². The summed E-state index contributed by atoms with van der Waals surface area (Å²) in [5, 5.41) is 0. The maximum absolute atomic E-state index is 12.1. The normalized spacial score (nSPS) is 18.4. The van der Waals surface area contributed by atoms with E-state index in [1.807, 2.05) is 37.3 Å². The Kier molecular flexibility index (Phi) is 4.48. The molecule has 3 heteroatoms. The van der Waals surface area contributed by atoms with Crippen LogP contribution in [0.4, 0.5) is 0 Å². The van der Waals surface area contributed by atoms with E-state index >= 15 is 0 Å². The van der Waals surface area contributed by atoms with Crippen LogP contribution in [0.25, 0.3) is 0 Å². The standard InChI is InChI=1S/C17H25NO2/c1-13(15-10-18(11-15)17(2,3)4)16(19)20-12-14-8-6-5-7-9-14/h5-9,13,15H,10-12H2,1-4H3. The zero-order valence-electron chi connectivity index (χ0n) is 12.9. The summed E-state index contributed by atoms with van der Waals surface area (Å²) in [6.07, 6.45) is 0. The fourth-order valence-corrected chi connectivity index (χ4v) is 2.43. The first-order chi connectivity index (χ1) is 9.38. The molecule has 1 aliphatic heterocycles. The van der Waals surface area contributed by atoms with E-state index in [0.29, 0.717) is 12.5 Å². The van der Waals surface area contributed by atoms with E-state index < -0.39 is 0 Å². The van der Waals surface area contributed by atoms with Crippen molar-refractivity contribution in [2.24, 2.45) is 11.8 Å². The van der Waals surface area contributed by atoms with E-state index in [2.05, 4.69) is 25.7 Å². The second-order valence-electron chi connectivity index (χ2n) is 6.72. The van der Waals surface area contributed by atoms with Crippen molar-refractivity contribution in [3.05, 3.63) is 35.9 Å². The molecule has 0 saturated carbocycles. The van der Waals surface area contributed by atoms with Gasteiger partial charge in [-0.1, -0.05) is 37.3 Å². The first kappa shape index (κ1) is 15.0. The molecule has 1 aromatic carbocycles. The Morgan fingerprint density at radius 1 is 1.30 bits per heavy atom. The molecular formula is C17H25NO2. The molecule has 3 nitrogen and oxygen atoms in total. The molecule has 1 saturated heterocycles. The van der Waals surface area contributed by atoms with Gasteiger partial charge in [-0.15, -0.1) is 0 Å². The highest BCUT2D eigenvalue weighted by atomic mass is 16.5. The first-order valence-corrected chi connectivity index (χ1v) is 7.33. The van der Waals surface area contributed by atoms with E-state index in [4.69, 9.17) is 4.74 Å². The van der Waals surface area contributed by atoms with Gasteiger partial charge in [-0.25, -0.2) is 0 Å². The van der Waals surface area contributed by atoms with Gasteiger partial charge in [-0.3, -0.25) is 9.69 Å². The summed E-state index contributed by atoms with van der Waals surface area (Å²) in [7, 11) is 0. The number of likely N-dealkylation sites (tertiary alicyclic amines) is 1. The molecule has 1 atom stereocenters. The van der Waals surface area contributed by atoms with Crippen molar-refractivity contribution < 1.29 is 9.53 Å². The van der Waals surface area contributed by atoms with Gasteiger partial charge in [-0.2, -0.15) is 0 Å². The molecule has 1 unspecified atom stereocenters. The molecule has 0 amide bonds. The Morgan fingerprint density at radius 3 is 2.45 bits per heavy atom. The van der Waals surface area contributed by atoms with Gasteiger partial charge in [0.15, 0.2) is 0 Å². The van der Waals surface area contributed by atoms with Crippen LogP contribution in [0.1, 0.15) is 33.3 Å². The number of esters is 1. The third-order valence-electron chi connectivity index (χ3n) is 4.16. The summed E-state index contributed by atoms with van der Waals surface area (Å²) in [6, 6.07) is 9.83. The van der Waals surface area contributed by atoms with Crippen molar-refractivity contribution in [2.45, 2.75) is 39.8 Å². The van der Waals surface area contributed by atoms with Gasteiger partial charge in [0.25, 0.3) is 0 Å². The lowest BCUT2D eigenvalue weighted by molar-refractivity contribution is -0.155. The Bertz CT molecular complexity index is 444. The number of nitrogens with zero attached hydrogens (tertiary/aromatic N) is 1. The van der Waals surface area contributed by atoms with Crippen LogP contribution in [-0.2, 0) is 16.1 Å². The van der Waals surface area contributed by atoms with Crippen LogP contribution in [0.3, 0.4) is 0 Å². The molecule has 0 N–H and O–H groups in total. The lowest BCUT2D eigenvalue weighted by Gasteiger charge is -2.49. The Morgan fingerprint density at radius 2 is 1.90 bits per heavy atom. The fraction of sp³-hybridized carbons (Fsp3) is 0.588. The number of hydrogen-bond acceptors (Lipinski definition) is 3. The van der Waals surface area contributed by atoms with Crippen molar-refractivity contribution in [3.63, 3.8) is 0 Å². The van der Waals surface area contributed by atoms with E-state index in [-0.39, 0.29) is 17.4 Å². The van der Waals surface area contributed by atoms with Crippen LogP contribution in [0.2, 0.25) is 0 Å². The summed E-state index contributed by atoms with van der Waals surface area (Å²) in [5.74, 6) is 0.335. The molecule has 1 heterocycles. The summed E-state index contributed by atoms with van der Waals surface area (Å²) in [4.78, 5) is 14.5. The topological polar surface area (TPSA) is 29.5 Å². The minimum atomic E-state index is -0.0765. The highest BCUT2D eigenvalue weighted by molar-refractivity contribution is 5.72. The van der Waals surface area contributed by atoms with E-state index in [9.17, 15) is 4.79 Å². The lowest BCUT2D eigenvalue weighted by atomic mass is 9.84.